The molecule has 0 saturated heterocycles. The van der Waals surface area contributed by atoms with Crippen molar-refractivity contribution in [3.63, 3.8) is 0 Å². The molecular weight excluding hydrogens is 211 g/mol. The standard InChI is InChI=1S/C9H6F3NO2/c10-9(11,12)7-2-5(4-14)1-6(3-7)8(13)15/h1-4H,(H2,13,15). The summed E-state index contributed by atoms with van der Waals surface area (Å²) in [6, 6.07) is 2.26. The van der Waals surface area contributed by atoms with Crippen LogP contribution in [-0.2, 0) is 6.18 Å². The highest BCUT2D eigenvalue weighted by Crippen LogP contribution is 2.30. The zero-order valence-corrected chi connectivity index (χ0v) is 7.34. The zero-order chi connectivity index (χ0) is 11.6. The number of nitrogens with two attached hydrogens (primary N) is 1. The summed E-state index contributed by atoms with van der Waals surface area (Å²) in [5, 5.41) is 0. The lowest BCUT2D eigenvalue weighted by Crippen LogP contribution is -2.14. The maximum absolute atomic E-state index is 12.3. The predicted octanol–water partition coefficient (Wildman–Crippen LogP) is 1.62. The second-order valence-electron chi connectivity index (χ2n) is 2.82. The third-order valence-electron chi connectivity index (χ3n) is 1.70. The number of aldehydes is 1. The Morgan fingerprint density at radius 3 is 2.27 bits per heavy atom. The Morgan fingerprint density at radius 1 is 1.27 bits per heavy atom. The Labute approximate surface area is 82.7 Å². The van der Waals surface area contributed by atoms with E-state index in [4.69, 9.17) is 5.73 Å². The average molecular weight is 217 g/mol. The minimum atomic E-state index is -4.61. The molecule has 0 heterocycles. The van der Waals surface area contributed by atoms with Crippen LogP contribution in [0.5, 0.6) is 0 Å². The van der Waals surface area contributed by atoms with Gasteiger partial charge in [0, 0.05) is 11.1 Å². The smallest absolute Gasteiger partial charge is 0.366 e. The van der Waals surface area contributed by atoms with Gasteiger partial charge in [-0.25, -0.2) is 0 Å². The van der Waals surface area contributed by atoms with Crippen LogP contribution in [-0.4, -0.2) is 12.2 Å². The lowest BCUT2D eigenvalue weighted by atomic mass is 10.1. The fourth-order valence-corrected chi connectivity index (χ4v) is 1.03. The number of benzene rings is 1. The molecule has 0 radical (unpaired) electrons. The van der Waals surface area contributed by atoms with Crippen LogP contribution in [0.3, 0.4) is 0 Å². The molecule has 2 N–H and O–H groups in total. The van der Waals surface area contributed by atoms with Crippen molar-refractivity contribution in [2.24, 2.45) is 5.73 Å². The largest absolute Gasteiger partial charge is 0.416 e. The van der Waals surface area contributed by atoms with E-state index in [1.165, 1.54) is 0 Å². The van der Waals surface area contributed by atoms with Gasteiger partial charge in [0.15, 0.2) is 0 Å². The molecule has 0 saturated carbocycles. The first-order valence-electron chi connectivity index (χ1n) is 3.82. The van der Waals surface area contributed by atoms with Gasteiger partial charge in [0.2, 0.25) is 5.91 Å². The lowest BCUT2D eigenvalue weighted by Gasteiger charge is -2.08. The number of hydrogen-bond acceptors (Lipinski definition) is 2. The summed E-state index contributed by atoms with van der Waals surface area (Å²) in [7, 11) is 0. The summed E-state index contributed by atoms with van der Waals surface area (Å²) < 4.78 is 36.8. The summed E-state index contributed by atoms with van der Waals surface area (Å²) >= 11 is 0. The number of rotatable bonds is 2. The Bertz CT molecular complexity index is 412. The van der Waals surface area contributed by atoms with Crippen molar-refractivity contribution >= 4 is 12.2 Å². The summed E-state index contributed by atoms with van der Waals surface area (Å²) in [4.78, 5) is 21.0. The molecule has 0 aliphatic heterocycles. The van der Waals surface area contributed by atoms with E-state index in [1.807, 2.05) is 0 Å². The van der Waals surface area contributed by atoms with Crippen LogP contribution in [0, 0.1) is 0 Å². The minimum absolute atomic E-state index is 0.224. The van der Waals surface area contributed by atoms with Gasteiger partial charge in [-0.15, -0.1) is 0 Å². The SMILES string of the molecule is NC(=O)c1cc(C=O)cc(C(F)(F)F)c1. The fraction of sp³-hybridized carbons (Fsp3) is 0.111. The Hall–Kier alpha value is -1.85. The van der Waals surface area contributed by atoms with Gasteiger partial charge in [-0.05, 0) is 18.2 Å². The summed E-state index contributed by atoms with van der Waals surface area (Å²) in [6.45, 7) is 0. The number of hydrogen-bond donors (Lipinski definition) is 1. The molecule has 0 aromatic heterocycles. The number of carbonyl (C=O) groups is 2. The molecule has 0 atom stereocenters. The van der Waals surface area contributed by atoms with E-state index in [1.54, 1.807) is 0 Å². The fourth-order valence-electron chi connectivity index (χ4n) is 1.03. The number of primary amides is 1. The minimum Gasteiger partial charge on any atom is -0.366 e. The van der Waals surface area contributed by atoms with Crippen LogP contribution >= 0.6 is 0 Å². The average Bonchev–Trinajstić information content (AvgIpc) is 2.15. The van der Waals surface area contributed by atoms with Crippen LogP contribution in [0.25, 0.3) is 0 Å². The van der Waals surface area contributed by atoms with Gasteiger partial charge >= 0.3 is 6.18 Å². The molecular formula is C9H6F3NO2. The summed E-state index contributed by atoms with van der Waals surface area (Å²) in [6.07, 6.45) is -4.38. The third kappa shape index (κ3) is 2.55. The molecule has 0 bridgehead atoms. The van der Waals surface area contributed by atoms with Crippen LogP contribution in [0.4, 0.5) is 13.2 Å². The molecule has 15 heavy (non-hydrogen) atoms. The molecule has 1 amide bonds. The van der Waals surface area contributed by atoms with Crippen molar-refractivity contribution in [1.82, 2.24) is 0 Å². The third-order valence-corrected chi connectivity index (χ3v) is 1.70. The van der Waals surface area contributed by atoms with E-state index in [2.05, 4.69) is 0 Å². The van der Waals surface area contributed by atoms with Gasteiger partial charge in [-0.1, -0.05) is 0 Å². The van der Waals surface area contributed by atoms with Crippen LogP contribution in [0.2, 0.25) is 0 Å². The van der Waals surface area contributed by atoms with Gasteiger partial charge < -0.3 is 5.73 Å². The van der Waals surface area contributed by atoms with Gasteiger partial charge in [0.05, 0.1) is 5.56 Å². The molecule has 3 nitrogen and oxygen atoms in total. The number of alkyl halides is 3. The highest BCUT2D eigenvalue weighted by atomic mass is 19.4. The molecule has 0 fully saturated rings. The van der Waals surface area contributed by atoms with Crippen LogP contribution in [0.15, 0.2) is 18.2 Å². The summed E-state index contributed by atoms with van der Waals surface area (Å²) in [5.74, 6) is -1.01. The highest BCUT2D eigenvalue weighted by molar-refractivity contribution is 5.94. The highest BCUT2D eigenvalue weighted by Gasteiger charge is 2.31. The van der Waals surface area contributed by atoms with E-state index in [0.29, 0.717) is 12.1 Å². The predicted molar refractivity (Wildman–Crippen MR) is 45.3 cm³/mol. The van der Waals surface area contributed by atoms with E-state index in [9.17, 15) is 22.8 Å². The molecule has 1 aromatic carbocycles. The maximum Gasteiger partial charge on any atom is 0.416 e. The van der Waals surface area contributed by atoms with Crippen LogP contribution in [0.1, 0.15) is 26.3 Å². The van der Waals surface area contributed by atoms with Crippen molar-refractivity contribution in [3.05, 3.63) is 34.9 Å². The van der Waals surface area contributed by atoms with Gasteiger partial charge in [0.25, 0.3) is 0 Å². The zero-order valence-electron chi connectivity index (χ0n) is 7.34. The van der Waals surface area contributed by atoms with E-state index in [0.717, 1.165) is 6.07 Å². The number of amides is 1. The van der Waals surface area contributed by atoms with Crippen molar-refractivity contribution in [3.8, 4) is 0 Å². The molecule has 0 unspecified atom stereocenters. The van der Waals surface area contributed by atoms with Crippen molar-refractivity contribution < 1.29 is 22.8 Å². The molecule has 1 rings (SSSR count). The van der Waals surface area contributed by atoms with Gasteiger partial charge in [0.1, 0.15) is 6.29 Å². The normalized spacial score (nSPS) is 11.1. The first kappa shape index (κ1) is 11.2. The first-order valence-corrected chi connectivity index (χ1v) is 3.82. The second kappa shape index (κ2) is 3.72. The van der Waals surface area contributed by atoms with Gasteiger partial charge in [-0.3, -0.25) is 9.59 Å². The monoisotopic (exact) mass is 217 g/mol. The lowest BCUT2D eigenvalue weighted by molar-refractivity contribution is -0.137. The Morgan fingerprint density at radius 2 is 1.87 bits per heavy atom. The molecule has 0 aliphatic carbocycles. The van der Waals surface area contributed by atoms with E-state index >= 15 is 0 Å². The van der Waals surface area contributed by atoms with Crippen molar-refractivity contribution in [2.45, 2.75) is 6.18 Å². The number of carbonyl (C=O) groups excluding carboxylic acids is 2. The molecule has 6 heteroatoms. The maximum atomic E-state index is 12.3. The second-order valence-corrected chi connectivity index (χ2v) is 2.82. The quantitative estimate of drug-likeness (QED) is 0.765. The molecule has 0 aliphatic rings. The molecule has 0 spiro atoms. The number of halogens is 3. The molecule has 80 valence electrons. The Kier molecular flexibility index (Phi) is 2.78. The van der Waals surface area contributed by atoms with E-state index < -0.39 is 17.6 Å². The van der Waals surface area contributed by atoms with Crippen molar-refractivity contribution in [2.75, 3.05) is 0 Å². The van der Waals surface area contributed by atoms with Gasteiger partial charge in [-0.2, -0.15) is 13.2 Å². The first-order chi connectivity index (χ1) is 6.84. The van der Waals surface area contributed by atoms with E-state index in [-0.39, 0.29) is 17.4 Å². The van der Waals surface area contributed by atoms with Crippen molar-refractivity contribution in [1.29, 1.82) is 0 Å². The van der Waals surface area contributed by atoms with Crippen LogP contribution < -0.4 is 5.73 Å². The topological polar surface area (TPSA) is 60.2 Å². The molecule has 1 aromatic rings. The summed E-state index contributed by atoms with van der Waals surface area (Å²) in [5.41, 5.74) is 3.18. The Balaban J connectivity index is 3.36.